The van der Waals surface area contributed by atoms with Crippen LogP contribution < -0.4 is 5.73 Å². The Labute approximate surface area is 123 Å². The molecule has 1 unspecified atom stereocenters. The summed E-state index contributed by atoms with van der Waals surface area (Å²) in [4.78, 5) is 14.0. The molecule has 2 rings (SSSR count). The van der Waals surface area contributed by atoms with Gasteiger partial charge in [0.15, 0.2) is 0 Å². The van der Waals surface area contributed by atoms with Crippen molar-refractivity contribution in [2.24, 2.45) is 17.6 Å². The third-order valence-electron chi connectivity index (χ3n) is 4.88. The molecule has 0 radical (unpaired) electrons. The molecule has 0 aromatic rings. The summed E-state index contributed by atoms with van der Waals surface area (Å²) in [5.41, 5.74) is 5.57. The van der Waals surface area contributed by atoms with Gasteiger partial charge in [-0.05, 0) is 44.4 Å². The van der Waals surface area contributed by atoms with Crippen molar-refractivity contribution >= 4 is 5.91 Å². The van der Waals surface area contributed by atoms with Crippen LogP contribution in [0.5, 0.6) is 0 Å². The van der Waals surface area contributed by atoms with Crippen molar-refractivity contribution in [1.82, 2.24) is 4.90 Å². The number of hydrogen-bond donors (Lipinski definition) is 1. The van der Waals surface area contributed by atoms with Crippen molar-refractivity contribution < 1.29 is 9.53 Å². The first-order chi connectivity index (χ1) is 9.60. The number of nitrogens with two attached hydrogens (primary N) is 1. The van der Waals surface area contributed by atoms with E-state index in [-0.39, 0.29) is 11.8 Å². The van der Waals surface area contributed by atoms with Crippen molar-refractivity contribution in [3.63, 3.8) is 0 Å². The second-order valence-corrected chi connectivity index (χ2v) is 6.68. The molecular formula is C16H30N2O2. The van der Waals surface area contributed by atoms with Gasteiger partial charge in [0.1, 0.15) is 0 Å². The second kappa shape index (κ2) is 7.41. The summed E-state index contributed by atoms with van der Waals surface area (Å²) < 4.78 is 6.23. The first kappa shape index (κ1) is 15.8. The molecule has 20 heavy (non-hydrogen) atoms. The lowest BCUT2D eigenvalue weighted by atomic mass is 9.88. The van der Waals surface area contributed by atoms with Crippen LogP contribution in [0.2, 0.25) is 0 Å². The number of piperidine rings is 1. The molecule has 1 aliphatic carbocycles. The van der Waals surface area contributed by atoms with E-state index in [4.69, 9.17) is 10.5 Å². The molecule has 1 aliphatic heterocycles. The molecule has 1 saturated carbocycles. The van der Waals surface area contributed by atoms with Gasteiger partial charge in [-0.3, -0.25) is 4.79 Å². The van der Waals surface area contributed by atoms with Crippen LogP contribution in [-0.2, 0) is 9.53 Å². The van der Waals surface area contributed by atoms with Crippen molar-refractivity contribution in [3.8, 4) is 0 Å². The van der Waals surface area contributed by atoms with Crippen LogP contribution in [0, 0.1) is 11.8 Å². The van der Waals surface area contributed by atoms with Crippen LogP contribution in [-0.4, -0.2) is 42.6 Å². The standard InChI is InChI=1S/C16H30N2O2/c1-12-3-5-14(6-4-12)20-15-7-9-18(10-8-15)16(19)13(2)11-17/h12-15H,3-11,17H2,1-2H3. The normalized spacial score (nSPS) is 30.2. The molecular weight excluding hydrogens is 252 g/mol. The van der Waals surface area contributed by atoms with Gasteiger partial charge in [-0.2, -0.15) is 0 Å². The number of hydrogen-bond acceptors (Lipinski definition) is 3. The van der Waals surface area contributed by atoms with Gasteiger partial charge in [0.05, 0.1) is 12.2 Å². The largest absolute Gasteiger partial charge is 0.375 e. The van der Waals surface area contributed by atoms with Gasteiger partial charge in [0.2, 0.25) is 5.91 Å². The predicted octanol–water partition coefficient (Wildman–Crippen LogP) is 2.17. The predicted molar refractivity (Wildman–Crippen MR) is 80.3 cm³/mol. The maximum atomic E-state index is 12.1. The summed E-state index contributed by atoms with van der Waals surface area (Å²) in [5.74, 6) is 1.02. The van der Waals surface area contributed by atoms with E-state index >= 15 is 0 Å². The van der Waals surface area contributed by atoms with Gasteiger partial charge >= 0.3 is 0 Å². The summed E-state index contributed by atoms with van der Waals surface area (Å²) in [6, 6.07) is 0. The fourth-order valence-electron chi connectivity index (χ4n) is 3.26. The van der Waals surface area contributed by atoms with Crippen LogP contribution >= 0.6 is 0 Å². The molecule has 4 nitrogen and oxygen atoms in total. The minimum absolute atomic E-state index is 0.0488. The first-order valence-corrected chi connectivity index (χ1v) is 8.24. The van der Waals surface area contributed by atoms with Crippen molar-refractivity contribution in [2.75, 3.05) is 19.6 Å². The van der Waals surface area contributed by atoms with Gasteiger partial charge in [-0.15, -0.1) is 0 Å². The van der Waals surface area contributed by atoms with Crippen molar-refractivity contribution in [3.05, 3.63) is 0 Å². The number of carbonyl (C=O) groups excluding carboxylic acids is 1. The van der Waals surface area contributed by atoms with Gasteiger partial charge < -0.3 is 15.4 Å². The maximum absolute atomic E-state index is 12.1. The lowest BCUT2D eigenvalue weighted by Crippen LogP contribution is -2.45. The van der Waals surface area contributed by atoms with E-state index in [1.165, 1.54) is 25.7 Å². The minimum atomic E-state index is -0.0488. The van der Waals surface area contributed by atoms with Gasteiger partial charge in [-0.25, -0.2) is 0 Å². The summed E-state index contributed by atoms with van der Waals surface area (Å²) >= 11 is 0. The van der Waals surface area contributed by atoms with Crippen LogP contribution in [0.3, 0.4) is 0 Å². The molecule has 0 aromatic heterocycles. The molecule has 1 atom stereocenters. The molecule has 2 N–H and O–H groups in total. The van der Waals surface area contributed by atoms with E-state index in [0.29, 0.717) is 18.8 Å². The maximum Gasteiger partial charge on any atom is 0.226 e. The molecule has 116 valence electrons. The minimum Gasteiger partial charge on any atom is -0.375 e. The Balaban J connectivity index is 1.70. The Hall–Kier alpha value is -0.610. The quantitative estimate of drug-likeness (QED) is 0.859. The fraction of sp³-hybridized carbons (Fsp3) is 0.938. The summed E-state index contributed by atoms with van der Waals surface area (Å²) in [6.07, 6.45) is 7.80. The zero-order valence-corrected chi connectivity index (χ0v) is 13.0. The third-order valence-corrected chi connectivity index (χ3v) is 4.88. The third kappa shape index (κ3) is 4.19. The van der Waals surface area contributed by atoms with E-state index in [9.17, 15) is 4.79 Å². The van der Waals surface area contributed by atoms with Crippen LogP contribution in [0.4, 0.5) is 0 Å². The van der Waals surface area contributed by atoms with Crippen LogP contribution in [0.25, 0.3) is 0 Å². The van der Waals surface area contributed by atoms with E-state index in [1.807, 2.05) is 11.8 Å². The van der Waals surface area contributed by atoms with Crippen LogP contribution in [0.15, 0.2) is 0 Å². The molecule has 2 aliphatic rings. The first-order valence-electron chi connectivity index (χ1n) is 8.24. The molecule has 4 heteroatoms. The number of rotatable bonds is 4. The zero-order valence-electron chi connectivity index (χ0n) is 13.0. The van der Waals surface area contributed by atoms with Gasteiger partial charge in [-0.1, -0.05) is 13.8 Å². The Morgan fingerprint density at radius 1 is 1.15 bits per heavy atom. The average molecular weight is 282 g/mol. The number of amides is 1. The lowest BCUT2D eigenvalue weighted by Gasteiger charge is -2.36. The Morgan fingerprint density at radius 2 is 1.70 bits per heavy atom. The van der Waals surface area contributed by atoms with Crippen molar-refractivity contribution in [2.45, 2.75) is 64.6 Å². The lowest BCUT2D eigenvalue weighted by molar-refractivity contribution is -0.138. The highest BCUT2D eigenvalue weighted by Crippen LogP contribution is 2.28. The van der Waals surface area contributed by atoms with Gasteiger partial charge in [0, 0.05) is 25.6 Å². The van der Waals surface area contributed by atoms with E-state index in [1.54, 1.807) is 0 Å². The fourth-order valence-corrected chi connectivity index (χ4v) is 3.26. The highest BCUT2D eigenvalue weighted by atomic mass is 16.5. The van der Waals surface area contributed by atoms with Crippen LogP contribution in [0.1, 0.15) is 52.4 Å². The second-order valence-electron chi connectivity index (χ2n) is 6.68. The average Bonchev–Trinajstić information content (AvgIpc) is 2.49. The monoisotopic (exact) mass is 282 g/mol. The Morgan fingerprint density at radius 3 is 2.25 bits per heavy atom. The molecule has 0 spiro atoms. The molecule has 1 heterocycles. The number of carbonyl (C=O) groups is 1. The number of nitrogens with zero attached hydrogens (tertiary/aromatic N) is 1. The molecule has 1 saturated heterocycles. The summed E-state index contributed by atoms with van der Waals surface area (Å²) in [6.45, 7) is 6.34. The van der Waals surface area contributed by atoms with Gasteiger partial charge in [0.25, 0.3) is 0 Å². The SMILES string of the molecule is CC1CCC(OC2CCN(C(=O)C(C)CN)CC2)CC1. The van der Waals surface area contributed by atoms with E-state index in [2.05, 4.69) is 6.92 Å². The zero-order chi connectivity index (χ0) is 14.5. The summed E-state index contributed by atoms with van der Waals surface area (Å²) in [5, 5.41) is 0. The highest BCUT2D eigenvalue weighted by Gasteiger charge is 2.28. The van der Waals surface area contributed by atoms with E-state index in [0.717, 1.165) is 31.8 Å². The topological polar surface area (TPSA) is 55.6 Å². The van der Waals surface area contributed by atoms with E-state index < -0.39 is 0 Å². The summed E-state index contributed by atoms with van der Waals surface area (Å²) in [7, 11) is 0. The number of likely N-dealkylation sites (tertiary alicyclic amines) is 1. The molecule has 0 aromatic carbocycles. The highest BCUT2D eigenvalue weighted by molar-refractivity contribution is 5.78. The number of ether oxygens (including phenoxy) is 1. The Kier molecular flexibility index (Phi) is 5.85. The molecule has 2 fully saturated rings. The molecule has 0 bridgehead atoms. The van der Waals surface area contributed by atoms with Crippen molar-refractivity contribution in [1.29, 1.82) is 0 Å². The molecule has 1 amide bonds. The Bertz CT molecular complexity index is 306. The smallest absolute Gasteiger partial charge is 0.226 e.